The highest BCUT2D eigenvalue weighted by Crippen LogP contribution is 2.41. The van der Waals surface area contributed by atoms with Crippen molar-refractivity contribution >= 4 is 33.2 Å². The van der Waals surface area contributed by atoms with Crippen LogP contribution < -0.4 is 5.56 Å². The summed E-state index contributed by atoms with van der Waals surface area (Å²) in [7, 11) is 0. The number of thiophene rings is 1. The number of carbonyl (C=O) groups is 1. The smallest absolute Gasteiger partial charge is 0.313 e. The van der Waals surface area contributed by atoms with Gasteiger partial charge in [0.05, 0.1) is 29.4 Å². The lowest BCUT2D eigenvalue weighted by Crippen LogP contribution is -2.27. The normalized spacial score (nSPS) is 15.7. The second kappa shape index (κ2) is 7.98. The van der Waals surface area contributed by atoms with E-state index in [1.54, 1.807) is 30.5 Å². The maximum absolute atomic E-state index is 13.5. The first-order valence-electron chi connectivity index (χ1n) is 9.83. The summed E-state index contributed by atoms with van der Waals surface area (Å²) in [5, 5.41) is 11.4. The van der Waals surface area contributed by atoms with Crippen molar-refractivity contribution in [1.29, 1.82) is 0 Å². The van der Waals surface area contributed by atoms with E-state index in [-0.39, 0.29) is 23.8 Å². The zero-order valence-electron chi connectivity index (χ0n) is 16.7. The van der Waals surface area contributed by atoms with Crippen molar-refractivity contribution in [3.05, 3.63) is 66.6 Å². The van der Waals surface area contributed by atoms with Crippen molar-refractivity contribution in [2.24, 2.45) is 0 Å². The molecular weight excluding hydrogens is 406 g/mol. The molecule has 0 radical (unpaired) electrons. The third-order valence-corrected chi connectivity index (χ3v) is 6.58. The molecule has 0 spiro atoms. The first-order valence-corrected chi connectivity index (χ1v) is 10.6. The van der Waals surface area contributed by atoms with Crippen molar-refractivity contribution in [3.8, 4) is 0 Å². The number of hydrogen-bond acceptors (Lipinski definition) is 7. The zero-order chi connectivity index (χ0) is 21.4. The van der Waals surface area contributed by atoms with Gasteiger partial charge in [0, 0.05) is 17.0 Å². The van der Waals surface area contributed by atoms with Gasteiger partial charge in [-0.3, -0.25) is 24.3 Å². The van der Waals surface area contributed by atoms with E-state index in [1.165, 1.54) is 23.5 Å². The number of nitro groups is 1. The maximum atomic E-state index is 13.5. The molecule has 3 aromatic rings. The predicted octanol–water partition coefficient (Wildman–Crippen LogP) is 3.71. The summed E-state index contributed by atoms with van der Waals surface area (Å²) in [4.78, 5) is 42.7. The van der Waals surface area contributed by atoms with Gasteiger partial charge in [-0.1, -0.05) is 12.1 Å². The van der Waals surface area contributed by atoms with Crippen LogP contribution in [-0.4, -0.2) is 27.1 Å². The molecule has 30 heavy (non-hydrogen) atoms. The summed E-state index contributed by atoms with van der Waals surface area (Å²) in [6.45, 7) is 4.10. The van der Waals surface area contributed by atoms with Gasteiger partial charge in [0.25, 0.3) is 11.2 Å². The number of rotatable bonds is 5. The van der Waals surface area contributed by atoms with Gasteiger partial charge in [-0.05, 0) is 44.2 Å². The van der Waals surface area contributed by atoms with Crippen LogP contribution in [0.2, 0.25) is 0 Å². The Morgan fingerprint density at radius 3 is 2.77 bits per heavy atom. The third-order valence-electron chi connectivity index (χ3n) is 5.42. The fourth-order valence-corrected chi connectivity index (χ4v) is 5.30. The molecule has 156 valence electrons. The second-order valence-corrected chi connectivity index (χ2v) is 8.37. The van der Waals surface area contributed by atoms with Gasteiger partial charge in [0.2, 0.25) is 0 Å². The molecule has 0 amide bonds. The Balaban J connectivity index is 1.81. The first kappa shape index (κ1) is 20.2. The molecule has 1 atom stereocenters. The minimum absolute atomic E-state index is 0.000536. The summed E-state index contributed by atoms with van der Waals surface area (Å²) in [6, 6.07) is 6.12. The van der Waals surface area contributed by atoms with Gasteiger partial charge in [0.15, 0.2) is 0 Å². The molecule has 1 unspecified atom stereocenters. The molecule has 1 aliphatic carbocycles. The summed E-state index contributed by atoms with van der Waals surface area (Å²) >= 11 is 1.48. The van der Waals surface area contributed by atoms with Gasteiger partial charge < -0.3 is 4.74 Å². The number of carbonyl (C=O) groups excluding carboxylic acids is 1. The van der Waals surface area contributed by atoms with E-state index < -0.39 is 10.8 Å². The van der Waals surface area contributed by atoms with Gasteiger partial charge >= 0.3 is 5.97 Å². The van der Waals surface area contributed by atoms with Gasteiger partial charge in [-0.15, -0.1) is 11.3 Å². The van der Waals surface area contributed by atoms with E-state index in [2.05, 4.69) is 4.98 Å². The Morgan fingerprint density at radius 1 is 1.37 bits per heavy atom. The lowest BCUT2D eigenvalue weighted by Gasteiger charge is -2.21. The number of esters is 1. The van der Waals surface area contributed by atoms with Gasteiger partial charge in [-0.25, -0.2) is 4.98 Å². The zero-order valence-corrected chi connectivity index (χ0v) is 17.5. The van der Waals surface area contributed by atoms with E-state index in [0.717, 1.165) is 28.8 Å². The van der Waals surface area contributed by atoms with Crippen molar-refractivity contribution in [2.75, 3.05) is 6.61 Å². The van der Waals surface area contributed by atoms with E-state index in [1.807, 2.05) is 0 Å². The number of hydrogen-bond donors (Lipinski definition) is 0. The Hall–Kier alpha value is -3.07. The third kappa shape index (κ3) is 3.49. The molecule has 4 rings (SSSR count). The van der Waals surface area contributed by atoms with Crippen molar-refractivity contribution in [3.63, 3.8) is 0 Å². The molecule has 2 heterocycles. The molecule has 0 fully saturated rings. The second-order valence-electron chi connectivity index (χ2n) is 7.29. The number of nitro benzene ring substituents is 1. The molecule has 9 heteroatoms. The first-order chi connectivity index (χ1) is 14.4. The van der Waals surface area contributed by atoms with Gasteiger partial charge in [0.1, 0.15) is 10.7 Å². The lowest BCUT2D eigenvalue weighted by atomic mass is 9.86. The van der Waals surface area contributed by atoms with Crippen LogP contribution >= 0.6 is 11.3 Å². The molecule has 1 aliphatic rings. The number of nitrogens with zero attached hydrogens (tertiary/aromatic N) is 3. The molecule has 0 bridgehead atoms. The average Bonchev–Trinajstić information content (AvgIpc) is 3.09. The fraction of sp³-hybridized carbons (Fsp3) is 0.381. The Morgan fingerprint density at radius 2 is 2.10 bits per heavy atom. The van der Waals surface area contributed by atoms with E-state index in [9.17, 15) is 19.7 Å². The van der Waals surface area contributed by atoms with Crippen LogP contribution in [0.4, 0.5) is 5.69 Å². The van der Waals surface area contributed by atoms with Crippen LogP contribution in [-0.2, 0) is 22.5 Å². The van der Waals surface area contributed by atoms with Crippen LogP contribution in [0.1, 0.15) is 47.5 Å². The fourth-order valence-electron chi connectivity index (χ4n) is 3.99. The van der Waals surface area contributed by atoms with Crippen LogP contribution in [0.3, 0.4) is 0 Å². The highest BCUT2D eigenvalue weighted by Gasteiger charge is 2.33. The highest BCUT2D eigenvalue weighted by molar-refractivity contribution is 7.18. The van der Waals surface area contributed by atoms with E-state index in [4.69, 9.17) is 4.74 Å². The summed E-state index contributed by atoms with van der Waals surface area (Å²) in [6.07, 6.45) is 2.36. The molecule has 0 N–H and O–H groups in total. The molecule has 1 aromatic carbocycles. The maximum Gasteiger partial charge on any atom is 0.313 e. The number of fused-ring (bicyclic) bond motifs is 3. The molecule has 8 nitrogen and oxygen atoms in total. The molecular formula is C21H21N3O5S. The SMILES string of the molecule is CCOC(=O)C1CCCc2sc3nc(C)n(Cc4ccc([N+](=O)[O-])cc4)c(=O)c3c21. The number of aromatic nitrogens is 2. The standard InChI is InChI=1S/C21H21N3O5S/c1-3-29-21(26)15-5-4-6-16-17(15)18-19(30-16)22-12(2)23(20(18)25)11-13-7-9-14(10-8-13)24(27)28/h7-10,15H,3-6,11H2,1-2H3. The minimum Gasteiger partial charge on any atom is -0.466 e. The summed E-state index contributed by atoms with van der Waals surface area (Å²) < 4.78 is 6.82. The van der Waals surface area contributed by atoms with Crippen LogP contribution in [0.5, 0.6) is 0 Å². The minimum atomic E-state index is -0.456. The number of non-ortho nitro benzene ring substituents is 1. The predicted molar refractivity (Wildman–Crippen MR) is 113 cm³/mol. The number of benzene rings is 1. The van der Waals surface area contributed by atoms with Crippen molar-refractivity contribution in [1.82, 2.24) is 9.55 Å². The molecule has 0 saturated heterocycles. The van der Waals surface area contributed by atoms with Gasteiger partial charge in [-0.2, -0.15) is 0 Å². The van der Waals surface area contributed by atoms with Crippen LogP contribution in [0.15, 0.2) is 29.1 Å². The molecule has 0 aliphatic heterocycles. The van der Waals surface area contributed by atoms with Crippen molar-refractivity contribution in [2.45, 2.75) is 45.6 Å². The average molecular weight is 427 g/mol. The number of ether oxygens (including phenoxy) is 1. The van der Waals surface area contributed by atoms with Crippen LogP contribution in [0, 0.1) is 17.0 Å². The monoisotopic (exact) mass is 427 g/mol. The molecule has 2 aromatic heterocycles. The molecule has 0 saturated carbocycles. The largest absolute Gasteiger partial charge is 0.466 e. The quantitative estimate of drug-likeness (QED) is 0.349. The lowest BCUT2D eigenvalue weighted by molar-refractivity contribution is -0.384. The Labute approximate surface area is 176 Å². The summed E-state index contributed by atoms with van der Waals surface area (Å²) in [5.74, 6) is -0.162. The van der Waals surface area contributed by atoms with Crippen molar-refractivity contribution < 1.29 is 14.5 Å². The van der Waals surface area contributed by atoms with Crippen LogP contribution in [0.25, 0.3) is 10.2 Å². The number of aryl methyl sites for hydroxylation is 2. The summed E-state index contributed by atoms with van der Waals surface area (Å²) in [5.41, 5.74) is 1.35. The Kier molecular flexibility index (Phi) is 5.38. The highest BCUT2D eigenvalue weighted by atomic mass is 32.1. The van der Waals surface area contributed by atoms with E-state index in [0.29, 0.717) is 29.1 Å². The Bertz CT molecular complexity index is 1200. The van der Waals surface area contributed by atoms with E-state index >= 15 is 0 Å². The topological polar surface area (TPSA) is 104 Å².